The van der Waals surface area contributed by atoms with Crippen molar-refractivity contribution in [2.75, 3.05) is 40.5 Å². The highest BCUT2D eigenvalue weighted by molar-refractivity contribution is 5.89. The van der Waals surface area contributed by atoms with Crippen LogP contribution in [0.4, 0.5) is 0 Å². The van der Waals surface area contributed by atoms with Crippen LogP contribution in [0.25, 0.3) is 17.3 Å². The Balaban J connectivity index is 1.64. The molecular formula is C28H33N3O5. The average Bonchev–Trinajstić information content (AvgIpc) is 2.91. The van der Waals surface area contributed by atoms with Crippen LogP contribution < -0.4 is 15.0 Å². The Bertz CT molecular complexity index is 1340. The van der Waals surface area contributed by atoms with Gasteiger partial charge in [0.25, 0.3) is 5.56 Å². The Hall–Kier alpha value is -3.65. The van der Waals surface area contributed by atoms with Crippen LogP contribution in [0.1, 0.15) is 53.9 Å². The van der Waals surface area contributed by atoms with Gasteiger partial charge in [0.15, 0.2) is 11.5 Å². The Labute approximate surface area is 211 Å². The smallest absolute Gasteiger partial charge is 0.339 e. The van der Waals surface area contributed by atoms with Gasteiger partial charge in [0.1, 0.15) is 12.3 Å². The molecule has 1 aliphatic rings. The molecule has 3 aromatic rings. The first-order valence-electron chi connectivity index (χ1n) is 12.4. The summed E-state index contributed by atoms with van der Waals surface area (Å²) in [5.74, 6) is 0.863. The zero-order valence-corrected chi connectivity index (χ0v) is 21.4. The molecule has 0 fully saturated rings. The molecule has 0 saturated carbocycles. The van der Waals surface area contributed by atoms with Gasteiger partial charge < -0.3 is 19.1 Å². The van der Waals surface area contributed by atoms with E-state index in [-0.39, 0.29) is 5.56 Å². The molecule has 0 bridgehead atoms. The molecule has 2 aromatic heterocycles. The third-order valence-electron chi connectivity index (χ3n) is 6.61. The quantitative estimate of drug-likeness (QED) is 0.417. The number of ether oxygens (including phenoxy) is 3. The second-order valence-electron chi connectivity index (χ2n) is 8.69. The van der Waals surface area contributed by atoms with Gasteiger partial charge in [-0.3, -0.25) is 9.20 Å². The normalized spacial score (nSPS) is 14.2. The van der Waals surface area contributed by atoms with Crippen LogP contribution in [-0.2, 0) is 11.2 Å². The molecule has 8 nitrogen and oxygen atoms in total. The predicted octanol–water partition coefficient (Wildman–Crippen LogP) is 4.09. The Morgan fingerprint density at radius 1 is 1.08 bits per heavy atom. The number of nitrogens with zero attached hydrogens (tertiary/aromatic N) is 3. The third kappa shape index (κ3) is 5.28. The van der Waals surface area contributed by atoms with Gasteiger partial charge in [-0.05, 0) is 73.8 Å². The highest BCUT2D eigenvalue weighted by Crippen LogP contribution is 2.33. The summed E-state index contributed by atoms with van der Waals surface area (Å²) in [5.41, 5.74) is 4.02. The molecule has 36 heavy (non-hydrogen) atoms. The molecule has 0 spiro atoms. The van der Waals surface area contributed by atoms with Crippen LogP contribution in [0, 0.1) is 0 Å². The number of pyridine rings is 1. The number of rotatable bonds is 9. The number of carbonyl (C=O) groups is 1. The van der Waals surface area contributed by atoms with Crippen molar-refractivity contribution in [2.45, 2.75) is 33.1 Å². The molecule has 0 N–H and O–H groups in total. The molecule has 1 aliphatic carbocycles. The summed E-state index contributed by atoms with van der Waals surface area (Å²) < 4.78 is 17.7. The van der Waals surface area contributed by atoms with E-state index in [2.05, 4.69) is 18.7 Å². The number of hydrogen-bond acceptors (Lipinski definition) is 7. The number of fused-ring (bicyclic) bond motifs is 2. The summed E-state index contributed by atoms with van der Waals surface area (Å²) in [6.07, 6.45) is 5.90. The number of carbonyl (C=O) groups excluding carboxylic acids is 1. The van der Waals surface area contributed by atoms with Gasteiger partial charge in [-0.25, -0.2) is 9.78 Å². The van der Waals surface area contributed by atoms with Crippen LogP contribution in [0.3, 0.4) is 0 Å². The van der Waals surface area contributed by atoms with Crippen molar-refractivity contribution in [3.63, 3.8) is 0 Å². The molecule has 8 heteroatoms. The molecule has 2 heterocycles. The Kier molecular flexibility index (Phi) is 8.05. The lowest BCUT2D eigenvalue weighted by Gasteiger charge is -2.19. The number of likely N-dealkylation sites (N-methyl/N-ethyl adjacent to an activating group) is 1. The maximum absolute atomic E-state index is 13.4. The first-order chi connectivity index (χ1) is 17.5. The number of aromatic nitrogens is 2. The van der Waals surface area contributed by atoms with E-state index in [1.807, 2.05) is 24.3 Å². The van der Waals surface area contributed by atoms with Crippen molar-refractivity contribution in [1.29, 1.82) is 0 Å². The van der Waals surface area contributed by atoms with E-state index in [0.29, 0.717) is 47.8 Å². The summed E-state index contributed by atoms with van der Waals surface area (Å²) in [4.78, 5) is 33.0. The Morgan fingerprint density at radius 3 is 2.58 bits per heavy atom. The van der Waals surface area contributed by atoms with Gasteiger partial charge in [0.2, 0.25) is 0 Å². The minimum absolute atomic E-state index is 0.147. The molecule has 0 radical (unpaired) electrons. The van der Waals surface area contributed by atoms with Crippen LogP contribution in [0.2, 0.25) is 0 Å². The van der Waals surface area contributed by atoms with Crippen molar-refractivity contribution in [1.82, 2.24) is 14.3 Å². The van der Waals surface area contributed by atoms with E-state index in [0.717, 1.165) is 42.8 Å². The molecule has 190 valence electrons. The van der Waals surface area contributed by atoms with Gasteiger partial charge in [0, 0.05) is 18.3 Å². The maximum Gasteiger partial charge on any atom is 0.339 e. The first-order valence-corrected chi connectivity index (χ1v) is 12.4. The summed E-state index contributed by atoms with van der Waals surface area (Å²) in [7, 11) is 3.21. The Morgan fingerprint density at radius 2 is 1.86 bits per heavy atom. The van der Waals surface area contributed by atoms with Crippen molar-refractivity contribution < 1.29 is 19.0 Å². The van der Waals surface area contributed by atoms with E-state index in [9.17, 15) is 9.59 Å². The largest absolute Gasteiger partial charge is 0.493 e. The number of hydrogen-bond donors (Lipinski definition) is 0. The predicted molar refractivity (Wildman–Crippen MR) is 140 cm³/mol. The number of esters is 1. The van der Waals surface area contributed by atoms with Gasteiger partial charge in [0.05, 0.1) is 25.5 Å². The summed E-state index contributed by atoms with van der Waals surface area (Å²) >= 11 is 0. The lowest BCUT2D eigenvalue weighted by Crippen LogP contribution is -2.28. The van der Waals surface area contributed by atoms with Gasteiger partial charge in [-0.2, -0.15) is 0 Å². The topological polar surface area (TPSA) is 82.4 Å². The molecule has 0 atom stereocenters. The van der Waals surface area contributed by atoms with E-state index >= 15 is 0 Å². The van der Waals surface area contributed by atoms with Crippen molar-refractivity contribution in [2.24, 2.45) is 0 Å². The fraction of sp³-hybridized carbons (Fsp3) is 0.393. The first kappa shape index (κ1) is 25.4. The fourth-order valence-corrected chi connectivity index (χ4v) is 4.54. The van der Waals surface area contributed by atoms with E-state index in [4.69, 9.17) is 19.2 Å². The van der Waals surface area contributed by atoms with E-state index in [1.54, 1.807) is 26.4 Å². The molecule has 0 saturated heterocycles. The number of benzene rings is 1. The summed E-state index contributed by atoms with van der Waals surface area (Å²) in [6.45, 7) is 6.93. The third-order valence-corrected chi connectivity index (χ3v) is 6.61. The van der Waals surface area contributed by atoms with Crippen molar-refractivity contribution >= 4 is 23.3 Å². The van der Waals surface area contributed by atoms with Crippen LogP contribution in [-0.4, -0.2) is 60.7 Å². The molecule has 4 rings (SSSR count). The highest BCUT2D eigenvalue weighted by Gasteiger charge is 2.21. The van der Waals surface area contributed by atoms with Crippen LogP contribution in [0.5, 0.6) is 11.5 Å². The molecule has 1 aromatic carbocycles. The average molecular weight is 492 g/mol. The van der Waals surface area contributed by atoms with E-state index in [1.165, 1.54) is 10.6 Å². The standard InChI is InChI=1S/C28H33N3O5/c1-5-30(6-2)14-15-36-28(33)21-11-13-25-29-26-20(8-7-9-22(26)27(32)31(25)18-21)16-19-10-12-23(34-3)24(17-19)35-4/h10-13,16-18H,5-9,14-15H2,1-4H3. The summed E-state index contributed by atoms with van der Waals surface area (Å²) in [6, 6.07) is 9.08. The van der Waals surface area contributed by atoms with Crippen LogP contribution in [0.15, 0.2) is 41.3 Å². The van der Waals surface area contributed by atoms with Crippen molar-refractivity contribution in [3.8, 4) is 11.5 Å². The summed E-state index contributed by atoms with van der Waals surface area (Å²) in [5, 5.41) is 0. The van der Waals surface area contributed by atoms with Gasteiger partial charge in [-0.15, -0.1) is 0 Å². The second kappa shape index (κ2) is 11.4. The lowest BCUT2D eigenvalue weighted by atomic mass is 9.90. The van der Waals surface area contributed by atoms with Gasteiger partial charge in [-0.1, -0.05) is 19.9 Å². The van der Waals surface area contributed by atoms with Crippen molar-refractivity contribution in [3.05, 3.63) is 69.3 Å². The number of allylic oxidation sites excluding steroid dienone is 1. The molecule has 0 unspecified atom stereocenters. The minimum Gasteiger partial charge on any atom is -0.493 e. The molecule has 0 aliphatic heterocycles. The monoisotopic (exact) mass is 491 g/mol. The van der Waals surface area contributed by atoms with Gasteiger partial charge >= 0.3 is 5.97 Å². The minimum atomic E-state index is -0.442. The SMILES string of the molecule is CCN(CC)CCOC(=O)c1ccc2nc3c(c(=O)n2c1)CCCC3=Cc1ccc(OC)c(OC)c1. The molecular weight excluding hydrogens is 458 g/mol. The van der Waals surface area contributed by atoms with E-state index < -0.39 is 5.97 Å². The van der Waals surface area contributed by atoms with Crippen LogP contribution >= 0.6 is 0 Å². The fourth-order valence-electron chi connectivity index (χ4n) is 4.54. The zero-order chi connectivity index (χ0) is 25.7. The second-order valence-corrected chi connectivity index (χ2v) is 8.69. The highest BCUT2D eigenvalue weighted by atomic mass is 16.5. The maximum atomic E-state index is 13.4. The lowest BCUT2D eigenvalue weighted by molar-refractivity contribution is 0.0466. The zero-order valence-electron chi connectivity index (χ0n) is 21.4. The molecule has 0 amide bonds. The number of methoxy groups -OCH3 is 2.